The molecule has 2 fully saturated rings. The standard InChI is InChI=1S/C25H40O12/c1-11-8-14(27)9-24(4,5)25(11,33)7-6-12(2)34-23-21(19(31)17(29)15(10-26)36-23)37-22-20(32)18(30)16(28)13(3)35-22/h6-8,12-13,15-23,26,28-33H,9-10H2,1-5H3/b7-6+/t12-,13+,15+,16+,17+,18-,19-,20+,21+,22-,23+,25-/m1/s1. The third kappa shape index (κ3) is 5.99. The average Bonchev–Trinajstić information content (AvgIpc) is 2.82. The molecule has 12 heteroatoms. The van der Waals surface area contributed by atoms with Crippen LogP contribution >= 0.6 is 0 Å². The summed E-state index contributed by atoms with van der Waals surface area (Å²) in [7, 11) is 0. The van der Waals surface area contributed by atoms with Gasteiger partial charge in [0.2, 0.25) is 0 Å². The van der Waals surface area contributed by atoms with E-state index in [1.807, 2.05) is 0 Å². The average molecular weight is 533 g/mol. The largest absolute Gasteiger partial charge is 0.394 e. The minimum absolute atomic E-state index is 0.0814. The molecule has 3 aliphatic rings. The smallest absolute Gasteiger partial charge is 0.187 e. The van der Waals surface area contributed by atoms with Crippen molar-refractivity contribution in [2.45, 2.75) is 114 Å². The number of allylic oxidation sites excluding steroid dienone is 1. The first-order valence-corrected chi connectivity index (χ1v) is 12.4. The SMILES string of the molecule is CC1=CC(=O)CC(C)(C)[C@@]1(O)/C=C/[C@@H](C)O[C@H]1O[C@@H](CO)[C@H](O)[C@@H](O)[C@@H]1O[C@H]1O[C@@H](C)[C@H](O)[C@@H](O)[C@@H]1O. The highest BCUT2D eigenvalue weighted by atomic mass is 16.8. The molecule has 3 rings (SSSR count). The van der Waals surface area contributed by atoms with Crippen LogP contribution in [-0.4, -0.2) is 121 Å². The molecule has 2 aliphatic heterocycles. The summed E-state index contributed by atoms with van der Waals surface area (Å²) < 4.78 is 22.7. The lowest BCUT2D eigenvalue weighted by molar-refractivity contribution is -0.367. The van der Waals surface area contributed by atoms with Gasteiger partial charge in [0.15, 0.2) is 18.4 Å². The molecule has 0 aromatic carbocycles. The van der Waals surface area contributed by atoms with E-state index in [4.69, 9.17) is 18.9 Å². The van der Waals surface area contributed by atoms with Crippen LogP contribution in [0, 0.1) is 5.41 Å². The Balaban J connectivity index is 1.80. The van der Waals surface area contributed by atoms with Crippen molar-refractivity contribution in [3.05, 3.63) is 23.8 Å². The van der Waals surface area contributed by atoms with E-state index in [0.717, 1.165) is 0 Å². The van der Waals surface area contributed by atoms with Gasteiger partial charge in [-0.05, 0) is 38.5 Å². The van der Waals surface area contributed by atoms with Crippen LogP contribution in [0.4, 0.5) is 0 Å². The fraction of sp³-hybridized carbons (Fsp3) is 0.800. The van der Waals surface area contributed by atoms with Crippen LogP contribution in [0.15, 0.2) is 23.8 Å². The number of aliphatic hydroxyl groups is 7. The summed E-state index contributed by atoms with van der Waals surface area (Å²) in [6.07, 6.45) is -10.4. The zero-order valence-electron chi connectivity index (χ0n) is 21.7. The minimum Gasteiger partial charge on any atom is -0.394 e. The summed E-state index contributed by atoms with van der Waals surface area (Å²) in [5.74, 6) is -0.0814. The van der Waals surface area contributed by atoms with Gasteiger partial charge in [0.05, 0.1) is 18.8 Å². The Hall–Kier alpha value is -1.29. The van der Waals surface area contributed by atoms with Crippen LogP contribution in [0.5, 0.6) is 0 Å². The van der Waals surface area contributed by atoms with Gasteiger partial charge in [0.25, 0.3) is 0 Å². The highest BCUT2D eigenvalue weighted by Crippen LogP contribution is 2.44. The zero-order chi connectivity index (χ0) is 27.9. The van der Waals surface area contributed by atoms with Crippen molar-refractivity contribution in [2.75, 3.05) is 6.61 Å². The van der Waals surface area contributed by atoms with Crippen molar-refractivity contribution >= 4 is 5.78 Å². The lowest BCUT2D eigenvalue weighted by Gasteiger charge is -2.46. The molecule has 12 nitrogen and oxygen atoms in total. The Morgan fingerprint density at radius 1 is 1.05 bits per heavy atom. The third-order valence-corrected chi connectivity index (χ3v) is 7.51. The second kappa shape index (κ2) is 11.4. The monoisotopic (exact) mass is 532 g/mol. The van der Waals surface area contributed by atoms with E-state index in [2.05, 4.69) is 0 Å². The number of rotatable bonds is 7. The van der Waals surface area contributed by atoms with Gasteiger partial charge in [-0.3, -0.25) is 4.79 Å². The van der Waals surface area contributed by atoms with Gasteiger partial charge in [0, 0.05) is 11.8 Å². The van der Waals surface area contributed by atoms with Gasteiger partial charge < -0.3 is 54.7 Å². The van der Waals surface area contributed by atoms with Gasteiger partial charge in [-0.2, -0.15) is 0 Å². The number of hydrogen-bond acceptors (Lipinski definition) is 12. The molecule has 2 saturated heterocycles. The minimum atomic E-state index is -1.68. The molecule has 37 heavy (non-hydrogen) atoms. The molecule has 0 aromatic heterocycles. The van der Waals surface area contributed by atoms with E-state index in [0.29, 0.717) is 5.57 Å². The van der Waals surface area contributed by atoms with Crippen LogP contribution in [0.2, 0.25) is 0 Å². The normalized spacial score (nSPS) is 45.6. The van der Waals surface area contributed by atoms with Crippen molar-refractivity contribution in [2.24, 2.45) is 5.41 Å². The third-order valence-electron chi connectivity index (χ3n) is 7.51. The Morgan fingerprint density at radius 2 is 1.70 bits per heavy atom. The predicted octanol–water partition coefficient (Wildman–Crippen LogP) is -1.72. The first kappa shape index (κ1) is 30.3. The van der Waals surface area contributed by atoms with Gasteiger partial charge >= 0.3 is 0 Å². The molecular formula is C25H40O12. The van der Waals surface area contributed by atoms with Crippen molar-refractivity contribution < 1.29 is 59.5 Å². The van der Waals surface area contributed by atoms with E-state index in [-0.39, 0.29) is 12.2 Å². The fourth-order valence-corrected chi connectivity index (χ4v) is 4.99. The molecule has 0 unspecified atom stereocenters. The van der Waals surface area contributed by atoms with E-state index in [1.54, 1.807) is 33.8 Å². The van der Waals surface area contributed by atoms with Gasteiger partial charge in [-0.1, -0.05) is 19.9 Å². The molecule has 0 saturated carbocycles. The van der Waals surface area contributed by atoms with Gasteiger partial charge in [0.1, 0.15) is 48.3 Å². The zero-order valence-corrected chi connectivity index (χ0v) is 21.7. The predicted molar refractivity (Wildman–Crippen MR) is 127 cm³/mol. The molecule has 12 atom stereocenters. The molecule has 212 valence electrons. The first-order valence-electron chi connectivity index (χ1n) is 12.4. The summed E-state index contributed by atoms with van der Waals surface area (Å²) >= 11 is 0. The lowest BCUT2D eigenvalue weighted by atomic mass is 9.64. The number of ketones is 1. The van der Waals surface area contributed by atoms with Crippen molar-refractivity contribution in [3.8, 4) is 0 Å². The number of aliphatic hydroxyl groups excluding tert-OH is 6. The topological polar surface area (TPSA) is 196 Å². The van der Waals surface area contributed by atoms with Crippen molar-refractivity contribution in [1.82, 2.24) is 0 Å². The summed E-state index contributed by atoms with van der Waals surface area (Å²) in [5.41, 5.74) is -1.74. The maximum absolute atomic E-state index is 12.0. The van der Waals surface area contributed by atoms with Crippen LogP contribution in [0.3, 0.4) is 0 Å². The van der Waals surface area contributed by atoms with Crippen LogP contribution < -0.4 is 0 Å². The second-order valence-electron chi connectivity index (χ2n) is 10.8. The number of ether oxygens (including phenoxy) is 4. The summed E-state index contributed by atoms with van der Waals surface area (Å²) in [6, 6.07) is 0. The maximum Gasteiger partial charge on any atom is 0.187 e. The Labute approximate surface area is 215 Å². The molecule has 1 aliphatic carbocycles. The molecule has 0 radical (unpaired) electrons. The molecule has 7 N–H and O–H groups in total. The van der Waals surface area contributed by atoms with Crippen LogP contribution in [-0.2, 0) is 23.7 Å². The first-order chi connectivity index (χ1) is 17.1. The highest BCUT2D eigenvalue weighted by Gasteiger charge is 2.51. The Bertz CT molecular complexity index is 874. The lowest BCUT2D eigenvalue weighted by Crippen LogP contribution is -2.64. The summed E-state index contributed by atoms with van der Waals surface area (Å²) in [5, 5.41) is 72.4. The van der Waals surface area contributed by atoms with E-state index < -0.39 is 85.1 Å². The maximum atomic E-state index is 12.0. The van der Waals surface area contributed by atoms with E-state index in [9.17, 15) is 40.5 Å². The van der Waals surface area contributed by atoms with Crippen molar-refractivity contribution in [3.63, 3.8) is 0 Å². The molecule has 0 spiro atoms. The summed E-state index contributed by atoms with van der Waals surface area (Å²) in [6.45, 7) is 7.66. The molecule has 2 heterocycles. The number of carbonyl (C=O) groups is 1. The Kier molecular flexibility index (Phi) is 9.36. The van der Waals surface area contributed by atoms with Crippen LogP contribution in [0.25, 0.3) is 0 Å². The quantitative estimate of drug-likeness (QED) is 0.183. The van der Waals surface area contributed by atoms with E-state index in [1.165, 1.54) is 19.1 Å². The van der Waals surface area contributed by atoms with Crippen molar-refractivity contribution in [1.29, 1.82) is 0 Å². The molecule has 0 aromatic rings. The Morgan fingerprint density at radius 3 is 2.30 bits per heavy atom. The molecular weight excluding hydrogens is 492 g/mol. The van der Waals surface area contributed by atoms with Crippen LogP contribution in [0.1, 0.15) is 41.0 Å². The number of carbonyl (C=O) groups excluding carboxylic acids is 1. The highest BCUT2D eigenvalue weighted by molar-refractivity contribution is 5.92. The fourth-order valence-electron chi connectivity index (χ4n) is 4.99. The van der Waals surface area contributed by atoms with Gasteiger partial charge in [-0.25, -0.2) is 0 Å². The number of hydrogen-bond donors (Lipinski definition) is 7. The molecule has 0 bridgehead atoms. The van der Waals surface area contributed by atoms with Gasteiger partial charge in [-0.15, -0.1) is 0 Å². The second-order valence-corrected chi connectivity index (χ2v) is 10.8. The van der Waals surface area contributed by atoms with E-state index >= 15 is 0 Å². The summed E-state index contributed by atoms with van der Waals surface area (Å²) in [4.78, 5) is 12.0. The molecule has 0 amide bonds.